The van der Waals surface area contributed by atoms with Crippen LogP contribution in [-0.4, -0.2) is 19.8 Å². The van der Waals surface area contributed by atoms with Gasteiger partial charge in [0.25, 0.3) is 0 Å². The van der Waals surface area contributed by atoms with Gasteiger partial charge in [-0.1, -0.05) is 6.08 Å². The molecule has 0 amide bonds. The van der Waals surface area contributed by atoms with Gasteiger partial charge in [0.2, 0.25) is 0 Å². The Hall–Kier alpha value is -0.760. The Morgan fingerprint density at radius 2 is 1.82 bits per heavy atom. The lowest BCUT2D eigenvalue weighted by Gasteiger charge is -1.94. The summed E-state index contributed by atoms with van der Waals surface area (Å²) in [5.74, 6) is 0. The van der Waals surface area contributed by atoms with Crippen LogP contribution < -0.4 is 0 Å². The van der Waals surface area contributed by atoms with Crippen LogP contribution in [0.2, 0.25) is 0 Å². The van der Waals surface area contributed by atoms with Crippen molar-refractivity contribution in [3.8, 4) is 0 Å². The predicted octanol–water partition coefficient (Wildman–Crippen LogP) is 1.88. The van der Waals surface area contributed by atoms with Crippen LogP contribution >= 0.6 is 0 Å². The smallest absolute Gasteiger partial charge is 0.106 e. The van der Waals surface area contributed by atoms with Gasteiger partial charge in [0.1, 0.15) is 6.61 Å². The first kappa shape index (κ1) is 8.34. The van der Waals surface area contributed by atoms with Crippen molar-refractivity contribution in [3.05, 3.63) is 24.5 Å². The number of ether oxygens (including phenoxy) is 2. The summed E-state index contributed by atoms with van der Waals surface area (Å²) in [6.07, 6.45) is 10.0. The molecule has 2 aliphatic heterocycles. The van der Waals surface area contributed by atoms with Gasteiger partial charge >= 0.3 is 0 Å². The minimum absolute atomic E-state index is 0.733. The third-order valence-electron chi connectivity index (χ3n) is 1.44. The molecule has 2 heteroatoms. The molecule has 2 nitrogen and oxygen atoms in total. The number of hydrogen-bond donors (Lipinski definition) is 0. The van der Waals surface area contributed by atoms with Crippen molar-refractivity contribution in [1.29, 1.82) is 0 Å². The third kappa shape index (κ3) is 4.62. The zero-order valence-electron chi connectivity index (χ0n) is 6.66. The zero-order chi connectivity index (χ0) is 7.78. The van der Waals surface area contributed by atoms with Crippen LogP contribution in [0, 0.1) is 0 Å². The van der Waals surface area contributed by atoms with Crippen molar-refractivity contribution in [2.45, 2.75) is 12.8 Å². The van der Waals surface area contributed by atoms with Gasteiger partial charge in [0.15, 0.2) is 0 Å². The van der Waals surface area contributed by atoms with Crippen LogP contribution in [0.15, 0.2) is 24.5 Å². The van der Waals surface area contributed by atoms with Crippen molar-refractivity contribution in [2.24, 2.45) is 0 Å². The minimum atomic E-state index is 0.733. The summed E-state index contributed by atoms with van der Waals surface area (Å²) in [6, 6.07) is 0. The van der Waals surface area contributed by atoms with E-state index in [4.69, 9.17) is 9.47 Å². The molecule has 0 radical (unpaired) electrons. The van der Waals surface area contributed by atoms with E-state index in [1.54, 1.807) is 6.26 Å². The van der Waals surface area contributed by atoms with Crippen molar-refractivity contribution in [3.63, 3.8) is 0 Å². The quantitative estimate of drug-likeness (QED) is 0.530. The highest BCUT2D eigenvalue weighted by atomic mass is 16.5. The van der Waals surface area contributed by atoms with Gasteiger partial charge in [-0.25, -0.2) is 0 Å². The molecule has 0 aromatic rings. The molecule has 2 heterocycles. The Morgan fingerprint density at radius 3 is 2.00 bits per heavy atom. The van der Waals surface area contributed by atoms with Gasteiger partial charge in [-0.15, -0.1) is 0 Å². The fourth-order valence-electron chi connectivity index (χ4n) is 0.856. The molecular weight excluding hydrogens is 140 g/mol. The normalized spacial score (nSPS) is 20.4. The van der Waals surface area contributed by atoms with E-state index in [0.29, 0.717) is 0 Å². The lowest BCUT2D eigenvalue weighted by atomic mass is 10.4. The number of hydrogen-bond acceptors (Lipinski definition) is 2. The molecule has 0 aromatic heterocycles. The molecule has 0 N–H and O–H groups in total. The molecular formula is C9H14O2. The van der Waals surface area contributed by atoms with E-state index in [1.807, 2.05) is 18.2 Å². The van der Waals surface area contributed by atoms with E-state index in [9.17, 15) is 0 Å². The summed E-state index contributed by atoms with van der Waals surface area (Å²) in [4.78, 5) is 0. The molecule has 2 aliphatic rings. The molecule has 0 unspecified atom stereocenters. The monoisotopic (exact) mass is 154 g/mol. The van der Waals surface area contributed by atoms with E-state index in [1.165, 1.54) is 12.8 Å². The van der Waals surface area contributed by atoms with Crippen LogP contribution in [0.4, 0.5) is 0 Å². The Labute approximate surface area is 67.5 Å². The van der Waals surface area contributed by atoms with Crippen LogP contribution in [0.3, 0.4) is 0 Å². The Balaban J connectivity index is 0.000000112. The molecule has 11 heavy (non-hydrogen) atoms. The summed E-state index contributed by atoms with van der Waals surface area (Å²) in [5, 5.41) is 0. The van der Waals surface area contributed by atoms with Gasteiger partial charge < -0.3 is 9.47 Å². The second kappa shape index (κ2) is 5.98. The zero-order valence-corrected chi connectivity index (χ0v) is 6.66. The summed E-state index contributed by atoms with van der Waals surface area (Å²) in [6.45, 7) is 2.73. The van der Waals surface area contributed by atoms with Gasteiger partial charge in [-0.2, -0.15) is 0 Å². The van der Waals surface area contributed by atoms with Crippen LogP contribution in [0.25, 0.3) is 0 Å². The van der Waals surface area contributed by atoms with Crippen molar-refractivity contribution < 1.29 is 9.47 Å². The number of rotatable bonds is 0. The Morgan fingerprint density at radius 1 is 1.00 bits per heavy atom. The second-order valence-electron chi connectivity index (χ2n) is 2.41. The van der Waals surface area contributed by atoms with Gasteiger partial charge in [-0.05, 0) is 25.0 Å². The molecule has 62 valence electrons. The maximum atomic E-state index is 4.94. The van der Waals surface area contributed by atoms with Crippen molar-refractivity contribution in [2.75, 3.05) is 19.8 Å². The first-order valence-corrected chi connectivity index (χ1v) is 4.01. The van der Waals surface area contributed by atoms with Crippen LogP contribution in [-0.2, 0) is 9.47 Å². The van der Waals surface area contributed by atoms with Crippen LogP contribution in [0.1, 0.15) is 12.8 Å². The molecule has 0 aliphatic carbocycles. The standard InChI is InChI=1S/C5H6O.C4H8O/c1-2-4-6-5-3-1;1-2-4-5-3-1/h1-4H,5H2;1-4H2. The molecule has 1 fully saturated rings. The topological polar surface area (TPSA) is 18.5 Å². The minimum Gasteiger partial charge on any atom is -0.497 e. The summed E-state index contributed by atoms with van der Waals surface area (Å²) >= 11 is 0. The van der Waals surface area contributed by atoms with E-state index in [-0.39, 0.29) is 0 Å². The average molecular weight is 154 g/mol. The first-order valence-electron chi connectivity index (χ1n) is 4.01. The lowest BCUT2D eigenvalue weighted by molar-refractivity contribution is 0.198. The Bertz CT molecular complexity index is 115. The largest absolute Gasteiger partial charge is 0.497 e. The fraction of sp³-hybridized carbons (Fsp3) is 0.556. The van der Waals surface area contributed by atoms with Crippen LogP contribution in [0.5, 0.6) is 0 Å². The second-order valence-corrected chi connectivity index (χ2v) is 2.41. The highest BCUT2D eigenvalue weighted by Crippen LogP contribution is 1.98. The average Bonchev–Trinajstić information content (AvgIpc) is 2.64. The highest BCUT2D eigenvalue weighted by molar-refractivity contribution is 5.02. The number of allylic oxidation sites excluding steroid dienone is 2. The molecule has 0 atom stereocenters. The highest BCUT2D eigenvalue weighted by Gasteiger charge is 1.94. The van der Waals surface area contributed by atoms with E-state index in [0.717, 1.165) is 19.8 Å². The molecule has 2 rings (SSSR count). The van der Waals surface area contributed by atoms with E-state index >= 15 is 0 Å². The fourth-order valence-corrected chi connectivity index (χ4v) is 0.856. The molecule has 0 spiro atoms. The van der Waals surface area contributed by atoms with E-state index < -0.39 is 0 Å². The summed E-state index contributed by atoms with van der Waals surface area (Å²) < 4.78 is 9.75. The van der Waals surface area contributed by atoms with Crippen molar-refractivity contribution >= 4 is 0 Å². The van der Waals surface area contributed by atoms with Gasteiger partial charge in [0, 0.05) is 13.2 Å². The molecule has 0 aromatic carbocycles. The SMILES string of the molecule is C1=CCOC=C1.C1CCOC1. The summed E-state index contributed by atoms with van der Waals surface area (Å²) in [7, 11) is 0. The van der Waals surface area contributed by atoms with Gasteiger partial charge in [-0.3, -0.25) is 0 Å². The maximum Gasteiger partial charge on any atom is 0.106 e. The molecule has 1 saturated heterocycles. The van der Waals surface area contributed by atoms with E-state index in [2.05, 4.69) is 0 Å². The maximum absolute atomic E-state index is 4.94. The molecule has 0 bridgehead atoms. The predicted molar refractivity (Wildman–Crippen MR) is 44.3 cm³/mol. The Kier molecular flexibility index (Phi) is 4.54. The third-order valence-corrected chi connectivity index (χ3v) is 1.44. The first-order chi connectivity index (χ1) is 5.50. The molecule has 0 saturated carbocycles. The summed E-state index contributed by atoms with van der Waals surface area (Å²) in [5.41, 5.74) is 0. The lowest BCUT2D eigenvalue weighted by Crippen LogP contribution is -1.82. The van der Waals surface area contributed by atoms with Gasteiger partial charge in [0.05, 0.1) is 6.26 Å². The van der Waals surface area contributed by atoms with Crippen molar-refractivity contribution in [1.82, 2.24) is 0 Å².